The third-order valence-electron chi connectivity index (χ3n) is 3.26. The number of rotatable bonds is 2. The Morgan fingerprint density at radius 1 is 1.44 bits per heavy atom. The molecule has 1 N–H and O–H groups in total. The minimum Gasteiger partial charge on any atom is -0.349 e. The van der Waals surface area contributed by atoms with E-state index in [9.17, 15) is 4.79 Å². The highest BCUT2D eigenvalue weighted by Crippen LogP contribution is 2.25. The summed E-state index contributed by atoms with van der Waals surface area (Å²) in [5, 5.41) is 3.13. The number of halogens is 1. The Kier molecular flexibility index (Phi) is 3.84. The van der Waals surface area contributed by atoms with E-state index in [4.69, 9.17) is 0 Å². The molecule has 0 heterocycles. The Labute approximate surface area is 110 Å². The van der Waals surface area contributed by atoms with Gasteiger partial charge in [-0.05, 0) is 59.5 Å². The minimum atomic E-state index is 0.0669. The fourth-order valence-electron chi connectivity index (χ4n) is 2.24. The van der Waals surface area contributed by atoms with Gasteiger partial charge in [-0.3, -0.25) is 4.79 Å². The van der Waals surface area contributed by atoms with Crippen molar-refractivity contribution in [2.24, 2.45) is 5.92 Å². The molecule has 16 heavy (non-hydrogen) atoms. The number of hydrogen-bond donors (Lipinski definition) is 1. The van der Waals surface area contributed by atoms with Gasteiger partial charge < -0.3 is 5.32 Å². The van der Waals surface area contributed by atoms with Gasteiger partial charge in [-0.15, -0.1) is 0 Å². The number of hydrogen-bond acceptors (Lipinski definition) is 1. The molecule has 1 amide bonds. The van der Waals surface area contributed by atoms with Crippen LogP contribution in [0.3, 0.4) is 0 Å². The number of nitrogens with one attached hydrogen (secondary N) is 1. The molecule has 2 atom stereocenters. The lowest BCUT2D eigenvalue weighted by atomic mass is 10.1. The van der Waals surface area contributed by atoms with Gasteiger partial charge in [0.05, 0.1) is 0 Å². The van der Waals surface area contributed by atoms with Gasteiger partial charge in [-0.2, -0.15) is 0 Å². The maximum absolute atomic E-state index is 12.0. The molecule has 0 aromatic heterocycles. The molecule has 1 aromatic rings. The largest absolute Gasteiger partial charge is 0.349 e. The normalized spacial score (nSPS) is 24.4. The molecule has 2 nitrogen and oxygen atoms in total. The molecule has 1 aliphatic rings. The van der Waals surface area contributed by atoms with E-state index in [0.29, 0.717) is 12.0 Å². The average molecular weight is 329 g/mol. The molecule has 1 saturated carbocycles. The molecule has 86 valence electrons. The van der Waals surface area contributed by atoms with Gasteiger partial charge in [0, 0.05) is 15.2 Å². The summed E-state index contributed by atoms with van der Waals surface area (Å²) >= 11 is 2.23. The fourth-order valence-corrected chi connectivity index (χ4v) is 2.78. The molecule has 2 unspecified atom stereocenters. The van der Waals surface area contributed by atoms with Crippen molar-refractivity contribution in [1.29, 1.82) is 0 Å². The summed E-state index contributed by atoms with van der Waals surface area (Å²) in [4.78, 5) is 12.0. The molecule has 3 heteroatoms. The zero-order valence-corrected chi connectivity index (χ0v) is 11.5. The van der Waals surface area contributed by atoms with Crippen LogP contribution in [-0.4, -0.2) is 11.9 Å². The van der Waals surface area contributed by atoms with Crippen LogP contribution in [0, 0.1) is 9.49 Å². The van der Waals surface area contributed by atoms with E-state index in [1.165, 1.54) is 12.8 Å². The lowest BCUT2D eigenvalue weighted by Gasteiger charge is -2.17. The van der Waals surface area contributed by atoms with Crippen LogP contribution in [0.4, 0.5) is 0 Å². The van der Waals surface area contributed by atoms with E-state index in [2.05, 4.69) is 34.8 Å². The maximum atomic E-state index is 12.0. The van der Waals surface area contributed by atoms with Crippen LogP contribution in [0.2, 0.25) is 0 Å². The zero-order valence-electron chi connectivity index (χ0n) is 9.37. The Bertz CT molecular complexity index is 391. The van der Waals surface area contributed by atoms with Crippen LogP contribution in [0.25, 0.3) is 0 Å². The van der Waals surface area contributed by atoms with Crippen molar-refractivity contribution >= 4 is 28.5 Å². The fraction of sp³-hybridized carbons (Fsp3) is 0.462. The van der Waals surface area contributed by atoms with Crippen LogP contribution >= 0.6 is 22.6 Å². The van der Waals surface area contributed by atoms with Gasteiger partial charge in [-0.25, -0.2) is 0 Å². The predicted molar refractivity (Wildman–Crippen MR) is 73.4 cm³/mol. The van der Waals surface area contributed by atoms with Crippen LogP contribution in [0.5, 0.6) is 0 Å². The van der Waals surface area contributed by atoms with Crippen LogP contribution < -0.4 is 5.32 Å². The quantitative estimate of drug-likeness (QED) is 0.830. The first-order valence-electron chi connectivity index (χ1n) is 5.73. The molecule has 0 radical (unpaired) electrons. The smallest absolute Gasteiger partial charge is 0.251 e. The summed E-state index contributed by atoms with van der Waals surface area (Å²) < 4.78 is 1.10. The molecule has 1 fully saturated rings. The first-order valence-corrected chi connectivity index (χ1v) is 6.81. The summed E-state index contributed by atoms with van der Waals surface area (Å²) in [6.07, 6.45) is 3.59. The van der Waals surface area contributed by atoms with Gasteiger partial charge in [0.15, 0.2) is 0 Å². The monoisotopic (exact) mass is 329 g/mol. The standard InChI is InChI=1S/C13H16INO/c1-9-4-2-7-12(9)15-13(16)10-5-3-6-11(14)8-10/h3,5-6,8-9,12H,2,4,7H2,1H3,(H,15,16). The zero-order chi connectivity index (χ0) is 11.5. The first-order chi connectivity index (χ1) is 7.66. The summed E-state index contributed by atoms with van der Waals surface area (Å²) in [7, 11) is 0. The summed E-state index contributed by atoms with van der Waals surface area (Å²) in [6.45, 7) is 2.21. The van der Waals surface area contributed by atoms with E-state index in [1.54, 1.807) is 0 Å². The van der Waals surface area contributed by atoms with E-state index in [-0.39, 0.29) is 5.91 Å². The number of carbonyl (C=O) groups is 1. The van der Waals surface area contributed by atoms with Crippen LogP contribution in [-0.2, 0) is 0 Å². The Morgan fingerprint density at radius 2 is 2.25 bits per heavy atom. The van der Waals surface area contributed by atoms with Crippen molar-refractivity contribution in [3.8, 4) is 0 Å². The van der Waals surface area contributed by atoms with Crippen molar-refractivity contribution < 1.29 is 4.79 Å². The van der Waals surface area contributed by atoms with Crippen molar-refractivity contribution in [2.45, 2.75) is 32.2 Å². The molecule has 2 rings (SSSR count). The second-order valence-electron chi connectivity index (χ2n) is 4.50. The highest BCUT2D eigenvalue weighted by atomic mass is 127. The molecular formula is C13H16INO. The van der Waals surface area contributed by atoms with Crippen molar-refractivity contribution in [3.05, 3.63) is 33.4 Å². The summed E-state index contributed by atoms with van der Waals surface area (Å²) in [5.41, 5.74) is 0.769. The first kappa shape index (κ1) is 11.9. The van der Waals surface area contributed by atoms with E-state index < -0.39 is 0 Å². The Morgan fingerprint density at radius 3 is 2.88 bits per heavy atom. The molecular weight excluding hydrogens is 313 g/mol. The summed E-state index contributed by atoms with van der Waals surface area (Å²) in [5.74, 6) is 0.684. The van der Waals surface area contributed by atoms with Crippen molar-refractivity contribution in [2.75, 3.05) is 0 Å². The Balaban J connectivity index is 2.03. The molecule has 1 aromatic carbocycles. The maximum Gasteiger partial charge on any atom is 0.251 e. The Hall–Kier alpha value is -0.580. The molecule has 1 aliphatic carbocycles. The second kappa shape index (κ2) is 5.17. The van der Waals surface area contributed by atoms with Crippen LogP contribution in [0.15, 0.2) is 24.3 Å². The number of carbonyl (C=O) groups excluding carboxylic acids is 1. The highest BCUT2D eigenvalue weighted by molar-refractivity contribution is 14.1. The molecule has 0 spiro atoms. The van der Waals surface area contributed by atoms with Crippen LogP contribution in [0.1, 0.15) is 36.5 Å². The van der Waals surface area contributed by atoms with Gasteiger partial charge in [0.25, 0.3) is 5.91 Å². The summed E-state index contributed by atoms with van der Waals surface area (Å²) in [6, 6.07) is 8.09. The van der Waals surface area contributed by atoms with E-state index >= 15 is 0 Å². The number of benzene rings is 1. The predicted octanol–water partition coefficient (Wildman–Crippen LogP) is 3.21. The van der Waals surface area contributed by atoms with Gasteiger partial charge in [0.2, 0.25) is 0 Å². The van der Waals surface area contributed by atoms with Gasteiger partial charge in [-0.1, -0.05) is 19.4 Å². The third kappa shape index (κ3) is 2.75. The molecule has 0 aliphatic heterocycles. The molecule has 0 bridgehead atoms. The highest BCUT2D eigenvalue weighted by Gasteiger charge is 2.24. The van der Waals surface area contributed by atoms with Gasteiger partial charge >= 0.3 is 0 Å². The van der Waals surface area contributed by atoms with Crippen molar-refractivity contribution in [1.82, 2.24) is 5.32 Å². The van der Waals surface area contributed by atoms with E-state index in [0.717, 1.165) is 15.6 Å². The second-order valence-corrected chi connectivity index (χ2v) is 5.74. The lowest BCUT2D eigenvalue weighted by Crippen LogP contribution is -2.36. The molecule has 0 saturated heterocycles. The van der Waals surface area contributed by atoms with Crippen molar-refractivity contribution in [3.63, 3.8) is 0 Å². The third-order valence-corrected chi connectivity index (χ3v) is 3.94. The number of amides is 1. The minimum absolute atomic E-state index is 0.0669. The average Bonchev–Trinajstić information content (AvgIpc) is 2.64. The lowest BCUT2D eigenvalue weighted by molar-refractivity contribution is 0.0929. The SMILES string of the molecule is CC1CCCC1NC(=O)c1cccc(I)c1. The van der Waals surface area contributed by atoms with E-state index in [1.807, 2.05) is 24.3 Å². The van der Waals surface area contributed by atoms with Gasteiger partial charge in [0.1, 0.15) is 0 Å². The topological polar surface area (TPSA) is 29.1 Å².